The summed E-state index contributed by atoms with van der Waals surface area (Å²) in [7, 11) is 0. The molecule has 0 aliphatic rings. The van der Waals surface area contributed by atoms with Gasteiger partial charge in [-0.1, -0.05) is 13.2 Å². The number of hydrogen-bond donors (Lipinski definition) is 2. The van der Waals surface area contributed by atoms with Crippen molar-refractivity contribution in [3.05, 3.63) is 36.5 Å². The fourth-order valence-corrected chi connectivity index (χ4v) is 0.267. The first-order chi connectivity index (χ1) is 4.09. The number of nitrogens with two attached hydrogens (primary N) is 2. The fraction of sp³-hybridized carbons (Fsp3) is 0. The average Bonchev–Trinajstić information content (AvgIpc) is 1.84. The second-order valence-corrected chi connectivity index (χ2v) is 1.48. The minimum atomic E-state index is -0.729. The van der Waals surface area contributed by atoms with Crippen LogP contribution in [0.25, 0.3) is 0 Å². The lowest BCUT2D eigenvalue weighted by molar-refractivity contribution is 0.650. The van der Waals surface area contributed by atoms with Crippen LogP contribution in [0.2, 0.25) is 0 Å². The van der Waals surface area contributed by atoms with Crippen molar-refractivity contribution in [2.45, 2.75) is 0 Å². The molecule has 2 nitrogen and oxygen atoms in total. The van der Waals surface area contributed by atoms with E-state index in [1.54, 1.807) is 0 Å². The Morgan fingerprint density at radius 1 is 1.44 bits per heavy atom. The zero-order valence-electron chi connectivity index (χ0n) is 5.02. The van der Waals surface area contributed by atoms with Crippen molar-refractivity contribution in [2.75, 3.05) is 0 Å². The van der Waals surface area contributed by atoms with Gasteiger partial charge in [-0.2, -0.15) is 0 Å². The number of halogens is 1. The van der Waals surface area contributed by atoms with Gasteiger partial charge in [-0.25, -0.2) is 4.39 Å². The van der Waals surface area contributed by atoms with E-state index in [4.69, 9.17) is 11.5 Å². The van der Waals surface area contributed by atoms with Crippen LogP contribution in [0, 0.1) is 0 Å². The summed E-state index contributed by atoms with van der Waals surface area (Å²) >= 11 is 0. The molecule has 50 valence electrons. The SMILES string of the molecule is C=C/C(N)=C(/N)C(=C)F. The van der Waals surface area contributed by atoms with E-state index in [0.717, 1.165) is 0 Å². The number of hydrogen-bond acceptors (Lipinski definition) is 2. The second-order valence-electron chi connectivity index (χ2n) is 1.48. The zero-order valence-corrected chi connectivity index (χ0v) is 5.02. The molecule has 0 aromatic rings. The molecule has 0 aromatic carbocycles. The minimum absolute atomic E-state index is 0.113. The van der Waals surface area contributed by atoms with Crippen molar-refractivity contribution in [3.8, 4) is 0 Å². The molecule has 0 aliphatic carbocycles. The first-order valence-electron chi connectivity index (χ1n) is 2.32. The predicted molar refractivity (Wildman–Crippen MR) is 35.8 cm³/mol. The zero-order chi connectivity index (χ0) is 7.44. The molecule has 3 heteroatoms. The van der Waals surface area contributed by atoms with Gasteiger partial charge in [0.2, 0.25) is 0 Å². The van der Waals surface area contributed by atoms with Crippen LogP contribution >= 0.6 is 0 Å². The Morgan fingerprint density at radius 3 is 2.00 bits per heavy atom. The van der Waals surface area contributed by atoms with Crippen LogP contribution in [0.5, 0.6) is 0 Å². The van der Waals surface area contributed by atoms with Gasteiger partial charge in [-0.15, -0.1) is 0 Å². The summed E-state index contributed by atoms with van der Waals surface area (Å²) < 4.78 is 12.0. The van der Waals surface area contributed by atoms with E-state index in [2.05, 4.69) is 13.2 Å². The normalized spacial score (nSPS) is 12.1. The predicted octanol–water partition coefficient (Wildman–Crippen LogP) is 0.785. The Hall–Kier alpha value is -1.25. The van der Waals surface area contributed by atoms with Crippen molar-refractivity contribution in [2.24, 2.45) is 11.5 Å². The standard InChI is InChI=1S/C6H9FN2/c1-3-5(8)6(9)4(2)7/h3H,1-2,8-9H2/b6-5-. The van der Waals surface area contributed by atoms with Gasteiger partial charge in [0, 0.05) is 0 Å². The molecule has 0 amide bonds. The number of rotatable bonds is 2. The lowest BCUT2D eigenvalue weighted by Crippen LogP contribution is -2.07. The van der Waals surface area contributed by atoms with E-state index in [0.29, 0.717) is 0 Å². The Bertz CT molecular complexity index is 170. The Kier molecular flexibility index (Phi) is 2.51. The Balaban J connectivity index is 4.47. The van der Waals surface area contributed by atoms with Gasteiger partial charge < -0.3 is 11.5 Å². The highest BCUT2D eigenvalue weighted by Gasteiger charge is 1.97. The molecule has 0 bridgehead atoms. The fourth-order valence-electron chi connectivity index (χ4n) is 0.267. The minimum Gasteiger partial charge on any atom is -0.397 e. The van der Waals surface area contributed by atoms with Crippen molar-refractivity contribution in [1.29, 1.82) is 0 Å². The van der Waals surface area contributed by atoms with E-state index in [-0.39, 0.29) is 11.4 Å². The summed E-state index contributed by atoms with van der Waals surface area (Å²) in [5, 5.41) is 0. The highest BCUT2D eigenvalue weighted by Crippen LogP contribution is 2.04. The molecule has 0 heterocycles. The van der Waals surface area contributed by atoms with Crippen LogP contribution in [0.1, 0.15) is 0 Å². The van der Waals surface area contributed by atoms with Crippen molar-refractivity contribution in [3.63, 3.8) is 0 Å². The summed E-state index contributed by atoms with van der Waals surface area (Å²) in [5.41, 5.74) is 10.2. The van der Waals surface area contributed by atoms with Gasteiger partial charge in [0.1, 0.15) is 5.83 Å². The molecule has 4 N–H and O–H groups in total. The van der Waals surface area contributed by atoms with Gasteiger partial charge >= 0.3 is 0 Å². The third-order valence-corrected chi connectivity index (χ3v) is 0.823. The lowest BCUT2D eigenvalue weighted by atomic mass is 10.3. The van der Waals surface area contributed by atoms with E-state index >= 15 is 0 Å². The molecule has 0 saturated heterocycles. The van der Waals surface area contributed by atoms with Crippen LogP contribution in [0.4, 0.5) is 4.39 Å². The summed E-state index contributed by atoms with van der Waals surface area (Å²) in [6, 6.07) is 0. The molecule has 0 aromatic heterocycles. The Morgan fingerprint density at radius 2 is 1.89 bits per heavy atom. The molecule has 0 atom stereocenters. The smallest absolute Gasteiger partial charge is 0.141 e. The van der Waals surface area contributed by atoms with Crippen LogP contribution in [0.3, 0.4) is 0 Å². The summed E-state index contributed by atoms with van der Waals surface area (Å²) in [5.74, 6) is -0.729. The van der Waals surface area contributed by atoms with Gasteiger partial charge in [-0.3, -0.25) is 0 Å². The van der Waals surface area contributed by atoms with Crippen LogP contribution < -0.4 is 11.5 Å². The molecule has 0 saturated carbocycles. The molecule has 0 unspecified atom stereocenters. The molecular formula is C6H9FN2. The van der Waals surface area contributed by atoms with E-state index in [1.165, 1.54) is 6.08 Å². The second kappa shape index (κ2) is 2.91. The first-order valence-corrected chi connectivity index (χ1v) is 2.32. The number of allylic oxidation sites excluding steroid dienone is 2. The Labute approximate surface area is 53.3 Å². The monoisotopic (exact) mass is 128 g/mol. The third kappa shape index (κ3) is 1.99. The summed E-state index contributed by atoms with van der Waals surface area (Å²) in [4.78, 5) is 0. The molecule has 0 aliphatic heterocycles. The van der Waals surface area contributed by atoms with Gasteiger partial charge in [0.05, 0.1) is 11.4 Å². The molecule has 9 heavy (non-hydrogen) atoms. The van der Waals surface area contributed by atoms with Crippen molar-refractivity contribution in [1.82, 2.24) is 0 Å². The van der Waals surface area contributed by atoms with Crippen LogP contribution in [-0.4, -0.2) is 0 Å². The maximum Gasteiger partial charge on any atom is 0.141 e. The van der Waals surface area contributed by atoms with Crippen LogP contribution in [0.15, 0.2) is 36.5 Å². The summed E-state index contributed by atoms with van der Waals surface area (Å²) in [6.07, 6.45) is 1.26. The highest BCUT2D eigenvalue weighted by molar-refractivity contribution is 5.29. The first kappa shape index (κ1) is 7.75. The summed E-state index contributed by atoms with van der Waals surface area (Å²) in [6.45, 7) is 6.24. The van der Waals surface area contributed by atoms with Gasteiger partial charge in [0.15, 0.2) is 0 Å². The van der Waals surface area contributed by atoms with Gasteiger partial charge in [-0.05, 0) is 6.08 Å². The van der Waals surface area contributed by atoms with Crippen molar-refractivity contribution >= 4 is 0 Å². The van der Waals surface area contributed by atoms with E-state index in [1.807, 2.05) is 0 Å². The van der Waals surface area contributed by atoms with E-state index in [9.17, 15) is 4.39 Å². The van der Waals surface area contributed by atoms with E-state index < -0.39 is 5.83 Å². The maximum atomic E-state index is 12.0. The average molecular weight is 128 g/mol. The molecular weight excluding hydrogens is 119 g/mol. The largest absolute Gasteiger partial charge is 0.397 e. The van der Waals surface area contributed by atoms with Crippen molar-refractivity contribution < 1.29 is 4.39 Å². The molecule has 0 rings (SSSR count). The quantitative estimate of drug-likeness (QED) is 0.540. The highest BCUT2D eigenvalue weighted by atomic mass is 19.1. The molecule has 0 spiro atoms. The molecule has 0 fully saturated rings. The third-order valence-electron chi connectivity index (χ3n) is 0.823. The maximum absolute atomic E-state index is 12.0. The lowest BCUT2D eigenvalue weighted by Gasteiger charge is -1.97. The van der Waals surface area contributed by atoms with Gasteiger partial charge in [0.25, 0.3) is 0 Å². The topological polar surface area (TPSA) is 52.0 Å². The molecule has 0 radical (unpaired) electrons. The van der Waals surface area contributed by atoms with Crippen LogP contribution in [-0.2, 0) is 0 Å².